The van der Waals surface area contributed by atoms with E-state index in [2.05, 4.69) is 26.5 Å². The van der Waals surface area contributed by atoms with E-state index in [1.54, 1.807) is 70.7 Å². The molecule has 0 spiro atoms. The first kappa shape index (κ1) is 43.7. The standard InChI is InChI=1S/C20H32N4O3.C20H28N4O3/c2*1-20(2,3)27-19(26)22-17(13-15-5-7-16(14-21)8-6-15)18(25)24-11-9-23(4)10-12-24/h5-8,17H,9-14,21H2,1-4H3,(H,22,26);5-8,17H,9-13H2,1-4H3,(H,22,26)/t2*17-/m11/s1. The second-order valence-electron chi connectivity index (χ2n) is 15.9. The van der Waals surface area contributed by atoms with Gasteiger partial charge in [0.2, 0.25) is 11.8 Å². The summed E-state index contributed by atoms with van der Waals surface area (Å²) in [7, 11) is 4.06. The van der Waals surface area contributed by atoms with Crippen LogP contribution in [0.2, 0.25) is 0 Å². The van der Waals surface area contributed by atoms with Crippen molar-refractivity contribution in [3.8, 4) is 6.07 Å². The summed E-state index contributed by atoms with van der Waals surface area (Å²) in [6.45, 7) is 17.1. The van der Waals surface area contributed by atoms with Gasteiger partial charge in [-0.05, 0) is 84.5 Å². The number of nitrogens with two attached hydrogens (primary N) is 1. The van der Waals surface area contributed by atoms with Crippen LogP contribution >= 0.6 is 0 Å². The first-order chi connectivity index (χ1) is 25.3. The summed E-state index contributed by atoms with van der Waals surface area (Å²) in [6.07, 6.45) is -0.428. The van der Waals surface area contributed by atoms with Crippen molar-refractivity contribution in [3.63, 3.8) is 0 Å². The molecule has 4 rings (SSSR count). The molecule has 4 amide bonds. The van der Waals surface area contributed by atoms with E-state index in [-0.39, 0.29) is 11.8 Å². The van der Waals surface area contributed by atoms with Crippen LogP contribution in [0.4, 0.5) is 9.59 Å². The molecule has 2 atom stereocenters. The van der Waals surface area contributed by atoms with Gasteiger partial charge in [0.25, 0.3) is 0 Å². The van der Waals surface area contributed by atoms with E-state index in [9.17, 15) is 19.2 Å². The molecule has 2 aliphatic heterocycles. The van der Waals surface area contributed by atoms with E-state index < -0.39 is 35.5 Å². The van der Waals surface area contributed by atoms with E-state index in [0.717, 1.165) is 42.9 Å². The predicted octanol–water partition coefficient (Wildman–Crippen LogP) is 3.12. The molecular formula is C40H60N8O6. The largest absolute Gasteiger partial charge is 0.444 e. The Balaban J connectivity index is 0.000000290. The number of rotatable bonds is 9. The molecular weight excluding hydrogens is 688 g/mol. The Hall–Kier alpha value is -4.71. The number of hydrogen-bond donors (Lipinski definition) is 3. The van der Waals surface area contributed by atoms with Gasteiger partial charge in [-0.15, -0.1) is 0 Å². The lowest BCUT2D eigenvalue weighted by Gasteiger charge is -2.35. The van der Waals surface area contributed by atoms with Crippen molar-refractivity contribution in [3.05, 3.63) is 70.8 Å². The fourth-order valence-electron chi connectivity index (χ4n) is 5.79. The van der Waals surface area contributed by atoms with Crippen molar-refractivity contribution in [2.75, 3.05) is 66.5 Å². The molecule has 54 heavy (non-hydrogen) atoms. The van der Waals surface area contributed by atoms with E-state index in [4.69, 9.17) is 20.5 Å². The van der Waals surface area contributed by atoms with Crippen molar-refractivity contribution in [1.82, 2.24) is 30.2 Å². The minimum Gasteiger partial charge on any atom is -0.444 e. The fourth-order valence-corrected chi connectivity index (χ4v) is 5.79. The van der Waals surface area contributed by atoms with Gasteiger partial charge in [0.15, 0.2) is 0 Å². The molecule has 296 valence electrons. The molecule has 2 aromatic carbocycles. The molecule has 0 bridgehead atoms. The highest BCUT2D eigenvalue weighted by molar-refractivity contribution is 5.87. The second kappa shape index (κ2) is 20.1. The average Bonchev–Trinajstić information content (AvgIpc) is 3.10. The maximum Gasteiger partial charge on any atom is 0.408 e. The number of nitrogens with one attached hydrogen (secondary N) is 2. The summed E-state index contributed by atoms with van der Waals surface area (Å²) in [4.78, 5) is 58.5. The van der Waals surface area contributed by atoms with E-state index in [0.29, 0.717) is 51.1 Å². The first-order valence-electron chi connectivity index (χ1n) is 18.6. The molecule has 2 aliphatic rings. The van der Waals surface area contributed by atoms with Crippen molar-refractivity contribution >= 4 is 24.0 Å². The minimum absolute atomic E-state index is 0.0724. The van der Waals surface area contributed by atoms with E-state index >= 15 is 0 Å². The predicted molar refractivity (Wildman–Crippen MR) is 207 cm³/mol. The van der Waals surface area contributed by atoms with Crippen molar-refractivity contribution in [2.24, 2.45) is 5.73 Å². The number of likely N-dealkylation sites (N-methyl/N-ethyl adjacent to an activating group) is 2. The SMILES string of the molecule is CN1CCN(C(=O)[C@@H](Cc2ccc(C#N)cc2)NC(=O)OC(C)(C)C)CC1.CN1CCN(C(=O)[C@@H](Cc2ccc(CN)cc2)NC(=O)OC(C)(C)C)CC1. The third kappa shape index (κ3) is 15.3. The Bertz CT molecular complexity index is 1560. The summed E-state index contributed by atoms with van der Waals surface area (Å²) in [5, 5.41) is 14.4. The lowest BCUT2D eigenvalue weighted by atomic mass is 10.0. The van der Waals surface area contributed by atoms with Crippen LogP contribution in [0.15, 0.2) is 48.5 Å². The molecule has 0 saturated carbocycles. The van der Waals surface area contributed by atoms with Crippen LogP contribution < -0.4 is 16.4 Å². The number of ether oxygens (including phenoxy) is 2. The Kier molecular flexibility index (Phi) is 16.3. The molecule has 0 unspecified atom stereocenters. The van der Waals surface area contributed by atoms with Gasteiger partial charge in [0.1, 0.15) is 23.3 Å². The maximum absolute atomic E-state index is 13.1. The zero-order valence-corrected chi connectivity index (χ0v) is 33.3. The van der Waals surface area contributed by atoms with Crippen LogP contribution in [-0.2, 0) is 38.4 Å². The maximum atomic E-state index is 13.1. The Labute approximate surface area is 320 Å². The quantitative estimate of drug-likeness (QED) is 0.346. The van der Waals surface area contributed by atoms with Gasteiger partial charge in [0, 0.05) is 71.7 Å². The smallest absolute Gasteiger partial charge is 0.408 e. The number of carbonyl (C=O) groups is 4. The Morgan fingerprint density at radius 1 is 0.648 bits per heavy atom. The molecule has 0 aliphatic carbocycles. The average molecular weight is 749 g/mol. The lowest BCUT2D eigenvalue weighted by Crippen LogP contribution is -2.55. The highest BCUT2D eigenvalue weighted by atomic mass is 16.6. The summed E-state index contributed by atoms with van der Waals surface area (Å²) in [5.74, 6) is -0.185. The number of nitrogens with zero attached hydrogens (tertiary/aromatic N) is 5. The molecule has 4 N–H and O–H groups in total. The summed E-state index contributed by atoms with van der Waals surface area (Å²) in [5.41, 5.74) is 7.81. The van der Waals surface area contributed by atoms with Gasteiger partial charge in [-0.25, -0.2) is 9.59 Å². The number of amides is 4. The summed E-state index contributed by atoms with van der Waals surface area (Å²) in [6, 6.07) is 15.5. The van der Waals surface area contributed by atoms with Gasteiger partial charge in [-0.1, -0.05) is 36.4 Å². The van der Waals surface area contributed by atoms with Crippen molar-refractivity contribution in [1.29, 1.82) is 5.26 Å². The number of benzene rings is 2. The normalized spacial score (nSPS) is 16.5. The summed E-state index contributed by atoms with van der Waals surface area (Å²) < 4.78 is 10.7. The number of piperazine rings is 2. The fraction of sp³-hybridized carbons (Fsp3) is 0.575. The topological polar surface area (TPSA) is 174 Å². The molecule has 2 aromatic rings. The molecule has 14 nitrogen and oxygen atoms in total. The van der Waals surface area contributed by atoms with Crippen LogP contribution in [0, 0.1) is 11.3 Å². The first-order valence-corrected chi connectivity index (χ1v) is 18.6. The van der Waals surface area contributed by atoms with Gasteiger partial charge in [-0.3, -0.25) is 9.59 Å². The molecule has 14 heteroatoms. The van der Waals surface area contributed by atoms with Crippen molar-refractivity contribution < 1.29 is 28.7 Å². The van der Waals surface area contributed by atoms with Crippen molar-refractivity contribution in [2.45, 2.75) is 84.2 Å². The Morgan fingerprint density at radius 3 is 1.30 bits per heavy atom. The van der Waals surface area contributed by atoms with Crippen LogP contribution in [0.3, 0.4) is 0 Å². The third-order valence-electron chi connectivity index (χ3n) is 8.83. The van der Waals surface area contributed by atoms with Gasteiger partial charge in [-0.2, -0.15) is 5.26 Å². The highest BCUT2D eigenvalue weighted by Crippen LogP contribution is 2.14. The van der Waals surface area contributed by atoms with Gasteiger partial charge < -0.3 is 45.4 Å². The second-order valence-corrected chi connectivity index (χ2v) is 15.9. The molecule has 0 aromatic heterocycles. The van der Waals surface area contributed by atoms with Gasteiger partial charge in [0.05, 0.1) is 11.6 Å². The Morgan fingerprint density at radius 2 is 0.981 bits per heavy atom. The third-order valence-corrected chi connectivity index (χ3v) is 8.83. The zero-order valence-electron chi connectivity index (χ0n) is 33.3. The molecule has 2 heterocycles. The van der Waals surface area contributed by atoms with Crippen LogP contribution in [-0.4, -0.2) is 133 Å². The molecule has 2 fully saturated rings. The monoisotopic (exact) mass is 748 g/mol. The van der Waals surface area contributed by atoms with E-state index in [1.165, 1.54) is 0 Å². The number of nitriles is 1. The number of carbonyl (C=O) groups excluding carboxylic acids is 4. The minimum atomic E-state index is -0.712. The van der Waals surface area contributed by atoms with Crippen LogP contribution in [0.5, 0.6) is 0 Å². The number of hydrogen-bond acceptors (Lipinski definition) is 10. The number of alkyl carbamates (subject to hydrolysis) is 2. The van der Waals surface area contributed by atoms with E-state index in [1.807, 2.05) is 43.3 Å². The van der Waals surface area contributed by atoms with Gasteiger partial charge >= 0.3 is 12.2 Å². The lowest BCUT2D eigenvalue weighted by molar-refractivity contribution is -0.135. The molecule has 0 radical (unpaired) electrons. The zero-order chi connectivity index (χ0) is 40.1. The van der Waals surface area contributed by atoms with Crippen LogP contribution in [0.25, 0.3) is 0 Å². The summed E-state index contributed by atoms with van der Waals surface area (Å²) >= 11 is 0. The highest BCUT2D eigenvalue weighted by Gasteiger charge is 2.31. The van der Waals surface area contributed by atoms with Crippen LogP contribution in [0.1, 0.15) is 63.8 Å². The molecule has 2 saturated heterocycles.